The van der Waals surface area contributed by atoms with E-state index in [9.17, 15) is 0 Å². The van der Waals surface area contributed by atoms with Gasteiger partial charge in [0.2, 0.25) is 5.95 Å². The molecule has 8 nitrogen and oxygen atoms in total. The van der Waals surface area contributed by atoms with Crippen LogP contribution in [0.3, 0.4) is 0 Å². The quantitative estimate of drug-likeness (QED) is 0.169. The molecule has 6 aromatic heterocycles. The van der Waals surface area contributed by atoms with Crippen LogP contribution in [-0.2, 0) is 0 Å². The molecule has 0 atom stereocenters. The first-order valence-corrected chi connectivity index (χ1v) is 19.6. The van der Waals surface area contributed by atoms with Crippen molar-refractivity contribution in [1.82, 2.24) is 38.6 Å². The SMILES string of the molecule is c1ccc(-c2nc3c4c5ccccc5n(-c5ccccc5)c4c4c5ccccc5n(-c5nc(-c6cccnc6)cc(-c6cccnc6)n5)c4c3n2-c2ccccc2)cc1. The van der Waals surface area contributed by atoms with Crippen molar-refractivity contribution in [2.75, 3.05) is 0 Å². The number of aromatic nitrogens is 8. The summed E-state index contributed by atoms with van der Waals surface area (Å²) in [5.41, 5.74) is 12.3. The molecule has 6 heterocycles. The number of fused-ring (bicyclic) bond motifs is 10. The van der Waals surface area contributed by atoms with Crippen molar-refractivity contribution < 1.29 is 0 Å². The summed E-state index contributed by atoms with van der Waals surface area (Å²) in [6.45, 7) is 0. The van der Waals surface area contributed by atoms with Crippen LogP contribution in [0.25, 0.3) is 106 Å². The van der Waals surface area contributed by atoms with Crippen molar-refractivity contribution in [2.24, 2.45) is 0 Å². The molecule has 0 saturated heterocycles. The van der Waals surface area contributed by atoms with Crippen molar-refractivity contribution in [2.45, 2.75) is 0 Å². The van der Waals surface area contributed by atoms with E-state index in [4.69, 9.17) is 15.0 Å². The third kappa shape index (κ3) is 5.06. The van der Waals surface area contributed by atoms with E-state index in [1.54, 1.807) is 12.4 Å². The topological polar surface area (TPSA) is 79.2 Å². The number of nitrogens with zero attached hydrogens (tertiary/aromatic N) is 8. The number of para-hydroxylation sites is 4. The summed E-state index contributed by atoms with van der Waals surface area (Å²) in [7, 11) is 0. The van der Waals surface area contributed by atoms with Gasteiger partial charge in [0.25, 0.3) is 0 Å². The molecule has 0 aliphatic carbocycles. The predicted molar refractivity (Wildman–Crippen MR) is 237 cm³/mol. The molecular formula is C51H32N8. The Morgan fingerprint density at radius 3 is 1.47 bits per heavy atom. The first kappa shape index (κ1) is 33.0. The first-order chi connectivity index (χ1) is 29.3. The van der Waals surface area contributed by atoms with Gasteiger partial charge in [-0.1, -0.05) is 103 Å². The summed E-state index contributed by atoms with van der Waals surface area (Å²) in [6.07, 6.45) is 7.26. The Balaban J connectivity index is 1.37. The van der Waals surface area contributed by atoms with E-state index in [-0.39, 0.29) is 0 Å². The maximum absolute atomic E-state index is 5.71. The summed E-state index contributed by atoms with van der Waals surface area (Å²) >= 11 is 0. The minimum absolute atomic E-state index is 0.529. The lowest BCUT2D eigenvalue weighted by Crippen LogP contribution is -2.06. The van der Waals surface area contributed by atoms with E-state index in [2.05, 4.69) is 157 Å². The van der Waals surface area contributed by atoms with Crippen LogP contribution in [-0.4, -0.2) is 38.6 Å². The van der Waals surface area contributed by atoms with Crippen LogP contribution in [0.4, 0.5) is 0 Å². The first-order valence-electron chi connectivity index (χ1n) is 19.6. The average Bonchev–Trinajstić information content (AvgIpc) is 3.99. The van der Waals surface area contributed by atoms with Crippen LogP contribution in [0.1, 0.15) is 0 Å². The molecule has 0 radical (unpaired) electrons. The smallest absolute Gasteiger partial charge is 0.235 e. The van der Waals surface area contributed by atoms with Crippen LogP contribution < -0.4 is 0 Å². The molecule has 8 heteroatoms. The molecule has 276 valence electrons. The van der Waals surface area contributed by atoms with Gasteiger partial charge >= 0.3 is 0 Å². The van der Waals surface area contributed by atoms with Crippen molar-refractivity contribution in [3.63, 3.8) is 0 Å². The number of hydrogen-bond acceptors (Lipinski definition) is 5. The van der Waals surface area contributed by atoms with Gasteiger partial charge in [-0.15, -0.1) is 0 Å². The van der Waals surface area contributed by atoms with E-state index >= 15 is 0 Å². The Morgan fingerprint density at radius 1 is 0.373 bits per heavy atom. The van der Waals surface area contributed by atoms with E-state index in [1.165, 1.54) is 0 Å². The highest BCUT2D eigenvalue weighted by Crippen LogP contribution is 2.48. The minimum Gasteiger partial charge on any atom is -0.308 e. The van der Waals surface area contributed by atoms with E-state index < -0.39 is 0 Å². The van der Waals surface area contributed by atoms with Crippen LogP contribution in [0.15, 0.2) is 195 Å². The maximum Gasteiger partial charge on any atom is 0.235 e. The molecule has 0 unspecified atom stereocenters. The summed E-state index contributed by atoms with van der Waals surface area (Å²) in [4.78, 5) is 25.5. The fraction of sp³-hybridized carbons (Fsp3) is 0. The van der Waals surface area contributed by atoms with Gasteiger partial charge in [-0.05, 0) is 66.7 Å². The summed E-state index contributed by atoms with van der Waals surface area (Å²) in [5, 5.41) is 4.37. The number of pyridine rings is 2. The highest BCUT2D eigenvalue weighted by Gasteiger charge is 2.30. The Morgan fingerprint density at radius 2 is 0.881 bits per heavy atom. The summed E-state index contributed by atoms with van der Waals surface area (Å²) in [5.74, 6) is 1.37. The molecule has 12 aromatic rings. The number of benzene rings is 6. The molecular weight excluding hydrogens is 725 g/mol. The van der Waals surface area contributed by atoms with Gasteiger partial charge in [0.15, 0.2) is 0 Å². The van der Waals surface area contributed by atoms with Crippen molar-refractivity contribution in [3.8, 4) is 51.2 Å². The van der Waals surface area contributed by atoms with Crippen LogP contribution in [0.2, 0.25) is 0 Å². The van der Waals surface area contributed by atoms with Gasteiger partial charge in [-0.2, -0.15) is 0 Å². The molecule has 6 aromatic carbocycles. The second-order valence-corrected chi connectivity index (χ2v) is 14.6. The van der Waals surface area contributed by atoms with Gasteiger partial charge in [0.05, 0.1) is 39.0 Å². The van der Waals surface area contributed by atoms with E-state index in [0.717, 1.165) is 99.9 Å². The number of rotatable bonds is 6. The van der Waals surface area contributed by atoms with Crippen molar-refractivity contribution in [1.29, 1.82) is 0 Å². The standard InChI is InChI=1S/C51H32N8/c1-4-16-33(17-5-1)50-56-46-44-38-24-10-12-26-42(38)57(36-20-6-2-7-21-36)47(44)45-39-25-11-13-27-43(39)59(48(45)49(46)58(50)37-22-8-3-9-23-37)51-54-40(34-18-14-28-52-31-34)30-41(55-51)35-19-15-29-53-32-35/h1-32H. The van der Waals surface area contributed by atoms with Crippen LogP contribution in [0, 0.1) is 0 Å². The van der Waals surface area contributed by atoms with Gasteiger partial charge in [-0.3, -0.25) is 19.1 Å². The molecule has 12 rings (SSSR count). The maximum atomic E-state index is 5.71. The molecule has 59 heavy (non-hydrogen) atoms. The highest BCUT2D eigenvalue weighted by molar-refractivity contribution is 6.36. The minimum atomic E-state index is 0.529. The Kier molecular flexibility index (Phi) is 7.36. The van der Waals surface area contributed by atoms with Gasteiger partial charge < -0.3 is 4.57 Å². The second kappa shape index (κ2) is 13.2. The lowest BCUT2D eigenvalue weighted by atomic mass is 10.1. The Hall–Kier alpha value is -8.23. The molecule has 0 spiro atoms. The van der Waals surface area contributed by atoms with E-state index in [0.29, 0.717) is 5.95 Å². The Bertz CT molecular complexity index is 3460. The highest BCUT2D eigenvalue weighted by atomic mass is 15.2. The van der Waals surface area contributed by atoms with Gasteiger partial charge in [0, 0.05) is 74.4 Å². The molecule has 0 aliphatic heterocycles. The van der Waals surface area contributed by atoms with Crippen molar-refractivity contribution in [3.05, 3.63) is 195 Å². The van der Waals surface area contributed by atoms with Crippen LogP contribution in [0.5, 0.6) is 0 Å². The largest absolute Gasteiger partial charge is 0.308 e. The molecule has 0 saturated carbocycles. The average molecular weight is 757 g/mol. The zero-order valence-electron chi connectivity index (χ0n) is 31.6. The van der Waals surface area contributed by atoms with Gasteiger partial charge in [0.1, 0.15) is 11.3 Å². The van der Waals surface area contributed by atoms with Gasteiger partial charge in [-0.25, -0.2) is 15.0 Å². The third-order valence-corrected chi connectivity index (χ3v) is 11.2. The monoisotopic (exact) mass is 756 g/mol. The van der Waals surface area contributed by atoms with E-state index in [1.807, 2.05) is 48.8 Å². The number of imidazole rings is 1. The fourth-order valence-corrected chi connectivity index (χ4v) is 8.75. The molecule has 0 amide bonds. The molecule has 0 fully saturated rings. The fourth-order valence-electron chi connectivity index (χ4n) is 8.75. The van der Waals surface area contributed by atoms with Crippen molar-refractivity contribution >= 4 is 54.6 Å². The second-order valence-electron chi connectivity index (χ2n) is 14.6. The van der Waals surface area contributed by atoms with Crippen LogP contribution >= 0.6 is 0 Å². The zero-order valence-corrected chi connectivity index (χ0v) is 31.6. The predicted octanol–water partition coefficient (Wildman–Crippen LogP) is 11.8. The molecule has 0 N–H and O–H groups in total. The summed E-state index contributed by atoms with van der Waals surface area (Å²) < 4.78 is 6.97. The third-order valence-electron chi connectivity index (χ3n) is 11.2. The zero-order chi connectivity index (χ0) is 38.9. The number of hydrogen-bond donors (Lipinski definition) is 0. The molecule has 0 bridgehead atoms. The summed E-state index contributed by atoms with van der Waals surface area (Å²) in [6, 6.07) is 58.9. The molecule has 0 aliphatic rings. The normalized spacial score (nSPS) is 11.7. The Labute approximate surface area is 338 Å². The lowest BCUT2D eigenvalue weighted by molar-refractivity contribution is 0.992. The lowest BCUT2D eigenvalue weighted by Gasteiger charge is -2.15.